The first-order chi connectivity index (χ1) is 7.36. The predicted octanol–water partition coefficient (Wildman–Crippen LogP) is 2.22. The van der Waals surface area contributed by atoms with Crippen LogP contribution in [0.2, 0.25) is 0 Å². The number of para-hydroxylation sites is 1. The van der Waals surface area contributed by atoms with Crippen LogP contribution in [-0.2, 0) is 11.0 Å². The lowest BCUT2D eigenvalue weighted by Crippen LogP contribution is -2.04. The minimum absolute atomic E-state index is 0.717. The van der Waals surface area contributed by atoms with Crippen LogP contribution in [-0.4, -0.2) is 9.19 Å². The fourth-order valence-electron chi connectivity index (χ4n) is 1.13. The Hall–Kier alpha value is -1.68. The molecule has 0 spiro atoms. The van der Waals surface area contributed by atoms with E-state index >= 15 is 0 Å². The van der Waals surface area contributed by atoms with Crippen molar-refractivity contribution in [3.05, 3.63) is 54.9 Å². The van der Waals surface area contributed by atoms with E-state index in [4.69, 9.17) is 0 Å². The first-order valence-electron chi connectivity index (χ1n) is 4.50. The van der Waals surface area contributed by atoms with Crippen molar-refractivity contribution in [1.29, 1.82) is 0 Å². The van der Waals surface area contributed by atoms with Crippen molar-refractivity contribution < 1.29 is 4.21 Å². The minimum Gasteiger partial charge on any atom is -0.301 e. The van der Waals surface area contributed by atoms with Crippen molar-refractivity contribution in [1.82, 2.24) is 4.98 Å². The van der Waals surface area contributed by atoms with Gasteiger partial charge < -0.3 is 4.72 Å². The molecule has 1 N–H and O–H groups in total. The summed E-state index contributed by atoms with van der Waals surface area (Å²) in [5.41, 5.74) is 0.840. The van der Waals surface area contributed by atoms with E-state index in [9.17, 15) is 4.21 Å². The van der Waals surface area contributed by atoms with Gasteiger partial charge in [-0.1, -0.05) is 18.2 Å². The smallest absolute Gasteiger partial charge is 0.150 e. The van der Waals surface area contributed by atoms with Gasteiger partial charge in [0.25, 0.3) is 0 Å². The van der Waals surface area contributed by atoms with Gasteiger partial charge in [0.05, 0.1) is 4.90 Å². The molecule has 0 fully saturated rings. The SMILES string of the molecule is O=S(Nc1ccccc1)c1ccncc1. The molecule has 0 aliphatic carbocycles. The van der Waals surface area contributed by atoms with Crippen LogP contribution >= 0.6 is 0 Å². The number of hydrogen-bond acceptors (Lipinski definition) is 2. The summed E-state index contributed by atoms with van der Waals surface area (Å²) in [4.78, 5) is 4.59. The number of nitrogens with one attached hydrogen (secondary N) is 1. The van der Waals surface area contributed by atoms with Gasteiger partial charge in [-0.15, -0.1) is 0 Å². The van der Waals surface area contributed by atoms with E-state index in [1.54, 1.807) is 24.5 Å². The molecule has 1 atom stereocenters. The van der Waals surface area contributed by atoms with Crippen LogP contribution in [0.25, 0.3) is 0 Å². The van der Waals surface area contributed by atoms with Gasteiger partial charge in [0.1, 0.15) is 11.0 Å². The number of nitrogens with zero attached hydrogens (tertiary/aromatic N) is 1. The molecule has 76 valence electrons. The van der Waals surface area contributed by atoms with Gasteiger partial charge in [0.2, 0.25) is 0 Å². The van der Waals surface area contributed by atoms with Crippen LogP contribution in [0.5, 0.6) is 0 Å². The number of hydrogen-bond donors (Lipinski definition) is 1. The highest BCUT2D eigenvalue weighted by molar-refractivity contribution is 7.86. The zero-order chi connectivity index (χ0) is 10.5. The molecule has 1 heterocycles. The molecule has 0 bridgehead atoms. The first kappa shape index (κ1) is 9.86. The Kier molecular flexibility index (Phi) is 3.09. The van der Waals surface area contributed by atoms with Crippen molar-refractivity contribution in [2.75, 3.05) is 4.72 Å². The number of aromatic nitrogens is 1. The standard InChI is InChI=1S/C11H10N2OS/c14-15(11-6-8-12-9-7-11)13-10-4-2-1-3-5-10/h1-9,13H. The topological polar surface area (TPSA) is 42.0 Å². The number of rotatable bonds is 3. The summed E-state index contributed by atoms with van der Waals surface area (Å²) in [6, 6.07) is 12.9. The summed E-state index contributed by atoms with van der Waals surface area (Å²) in [6.45, 7) is 0. The number of anilines is 1. The van der Waals surface area contributed by atoms with E-state index < -0.39 is 11.0 Å². The molecule has 0 saturated heterocycles. The zero-order valence-corrected chi connectivity index (χ0v) is 8.78. The minimum atomic E-state index is -1.22. The molecular weight excluding hydrogens is 208 g/mol. The highest BCUT2D eigenvalue weighted by atomic mass is 32.2. The summed E-state index contributed by atoms with van der Waals surface area (Å²) < 4.78 is 14.7. The summed E-state index contributed by atoms with van der Waals surface area (Å²) in [7, 11) is -1.22. The fourth-order valence-corrected chi connectivity index (χ4v) is 1.97. The molecule has 15 heavy (non-hydrogen) atoms. The molecular formula is C11H10N2OS. The predicted molar refractivity (Wildman–Crippen MR) is 60.7 cm³/mol. The monoisotopic (exact) mass is 218 g/mol. The van der Waals surface area contributed by atoms with E-state index in [-0.39, 0.29) is 0 Å². The van der Waals surface area contributed by atoms with Crippen molar-refractivity contribution in [3.8, 4) is 0 Å². The van der Waals surface area contributed by atoms with Crippen LogP contribution in [0.15, 0.2) is 59.8 Å². The van der Waals surface area contributed by atoms with Crippen LogP contribution < -0.4 is 4.72 Å². The second-order valence-electron chi connectivity index (χ2n) is 2.92. The lowest BCUT2D eigenvalue weighted by molar-refractivity contribution is 0.686. The molecule has 0 amide bonds. The van der Waals surface area contributed by atoms with Gasteiger partial charge in [-0.3, -0.25) is 4.98 Å². The number of pyridine rings is 1. The maximum Gasteiger partial charge on any atom is 0.150 e. The largest absolute Gasteiger partial charge is 0.301 e. The van der Waals surface area contributed by atoms with Crippen molar-refractivity contribution in [2.45, 2.75) is 4.90 Å². The van der Waals surface area contributed by atoms with Gasteiger partial charge in [-0.05, 0) is 24.3 Å². The van der Waals surface area contributed by atoms with E-state index in [1.807, 2.05) is 30.3 Å². The average molecular weight is 218 g/mol. The Labute approximate surface area is 90.8 Å². The molecule has 1 aromatic heterocycles. The van der Waals surface area contributed by atoms with Crippen LogP contribution in [0.4, 0.5) is 5.69 Å². The molecule has 0 saturated carbocycles. The third-order valence-corrected chi connectivity index (χ3v) is 2.97. The molecule has 3 nitrogen and oxygen atoms in total. The van der Waals surface area contributed by atoms with Gasteiger partial charge in [0.15, 0.2) is 0 Å². The Bertz CT molecular complexity index is 445. The summed E-state index contributed by atoms with van der Waals surface area (Å²) in [5, 5.41) is 0. The Balaban J connectivity index is 2.12. The Morgan fingerprint density at radius 1 is 1.00 bits per heavy atom. The molecule has 2 aromatic rings. The van der Waals surface area contributed by atoms with E-state index in [0.29, 0.717) is 4.90 Å². The third kappa shape index (κ3) is 2.63. The normalized spacial score (nSPS) is 12.0. The van der Waals surface area contributed by atoms with Gasteiger partial charge >= 0.3 is 0 Å². The second kappa shape index (κ2) is 4.70. The summed E-state index contributed by atoms with van der Waals surface area (Å²) in [6.07, 6.45) is 3.25. The molecule has 0 aliphatic heterocycles. The number of benzene rings is 1. The zero-order valence-electron chi connectivity index (χ0n) is 7.96. The molecule has 4 heteroatoms. The highest BCUT2D eigenvalue weighted by Gasteiger charge is 2.01. The molecule has 0 aliphatic rings. The van der Waals surface area contributed by atoms with E-state index in [0.717, 1.165) is 5.69 Å². The van der Waals surface area contributed by atoms with Crippen LogP contribution in [0, 0.1) is 0 Å². The van der Waals surface area contributed by atoms with E-state index in [2.05, 4.69) is 9.71 Å². The molecule has 2 rings (SSSR count). The highest BCUT2D eigenvalue weighted by Crippen LogP contribution is 2.10. The lowest BCUT2D eigenvalue weighted by atomic mass is 10.3. The summed E-state index contributed by atoms with van der Waals surface area (Å²) >= 11 is 0. The first-order valence-corrected chi connectivity index (χ1v) is 5.65. The fraction of sp³-hybridized carbons (Fsp3) is 0. The molecule has 0 radical (unpaired) electrons. The Morgan fingerprint density at radius 2 is 1.67 bits per heavy atom. The van der Waals surface area contributed by atoms with Crippen molar-refractivity contribution in [2.24, 2.45) is 0 Å². The third-order valence-electron chi connectivity index (χ3n) is 1.85. The van der Waals surface area contributed by atoms with Gasteiger partial charge in [0, 0.05) is 18.1 Å². The van der Waals surface area contributed by atoms with Gasteiger partial charge in [-0.25, -0.2) is 4.21 Å². The quantitative estimate of drug-likeness (QED) is 0.858. The Morgan fingerprint density at radius 3 is 2.33 bits per heavy atom. The van der Waals surface area contributed by atoms with Crippen LogP contribution in [0.3, 0.4) is 0 Å². The van der Waals surface area contributed by atoms with Crippen LogP contribution in [0.1, 0.15) is 0 Å². The maximum absolute atomic E-state index is 11.8. The summed E-state index contributed by atoms with van der Waals surface area (Å²) in [5.74, 6) is 0. The van der Waals surface area contributed by atoms with Crippen molar-refractivity contribution >= 4 is 16.7 Å². The maximum atomic E-state index is 11.8. The average Bonchev–Trinajstić information content (AvgIpc) is 2.31. The lowest BCUT2D eigenvalue weighted by Gasteiger charge is -2.04. The van der Waals surface area contributed by atoms with E-state index in [1.165, 1.54) is 0 Å². The van der Waals surface area contributed by atoms with Crippen molar-refractivity contribution in [3.63, 3.8) is 0 Å². The second-order valence-corrected chi connectivity index (χ2v) is 4.13. The van der Waals surface area contributed by atoms with Gasteiger partial charge in [-0.2, -0.15) is 0 Å². The molecule has 1 aromatic carbocycles. The molecule has 1 unspecified atom stereocenters.